The minimum Gasteiger partial charge on any atom is -0.479 e. The first-order chi connectivity index (χ1) is 6.13. The Bertz CT molecular complexity index is 286. The van der Waals surface area contributed by atoms with Crippen LogP contribution in [0.15, 0.2) is 30.3 Å². The van der Waals surface area contributed by atoms with Gasteiger partial charge in [0.1, 0.15) is 0 Å². The molecule has 0 fully saturated rings. The number of carboxylic acids is 1. The molecule has 1 aromatic rings. The molecule has 0 saturated carbocycles. The lowest BCUT2D eigenvalue weighted by atomic mass is 10.1. The summed E-state index contributed by atoms with van der Waals surface area (Å²) in [5.74, 6) is -1.32. The first-order valence-corrected chi connectivity index (χ1v) is 4.16. The minimum atomic E-state index is -1.57. The highest BCUT2D eigenvalue weighted by Crippen LogP contribution is 2.23. The van der Waals surface area contributed by atoms with Crippen molar-refractivity contribution in [2.75, 3.05) is 0 Å². The molecule has 0 bridgehead atoms. The van der Waals surface area contributed by atoms with Crippen LogP contribution in [0.5, 0.6) is 0 Å². The summed E-state index contributed by atoms with van der Waals surface area (Å²) in [6.07, 6.45) is -1.57. The van der Waals surface area contributed by atoms with Gasteiger partial charge < -0.3 is 10.2 Å². The van der Waals surface area contributed by atoms with Crippen LogP contribution in [0.3, 0.4) is 0 Å². The van der Waals surface area contributed by atoms with E-state index in [4.69, 9.17) is 21.8 Å². The lowest BCUT2D eigenvalue weighted by Crippen LogP contribution is -2.24. The number of rotatable bonds is 3. The fourth-order valence-electron chi connectivity index (χ4n) is 0.944. The van der Waals surface area contributed by atoms with Crippen LogP contribution in [0, 0.1) is 0 Å². The molecule has 2 atom stereocenters. The van der Waals surface area contributed by atoms with E-state index in [1.165, 1.54) is 0 Å². The van der Waals surface area contributed by atoms with Gasteiger partial charge in [-0.1, -0.05) is 30.3 Å². The third kappa shape index (κ3) is 2.44. The van der Waals surface area contributed by atoms with Crippen molar-refractivity contribution in [2.24, 2.45) is 0 Å². The molecule has 4 heteroatoms. The number of hydrogen-bond acceptors (Lipinski definition) is 2. The number of aliphatic carboxylic acids is 1. The van der Waals surface area contributed by atoms with Crippen LogP contribution in [0.25, 0.3) is 0 Å². The van der Waals surface area contributed by atoms with Gasteiger partial charge in [0.2, 0.25) is 0 Å². The van der Waals surface area contributed by atoms with Gasteiger partial charge in [-0.3, -0.25) is 0 Å². The summed E-state index contributed by atoms with van der Waals surface area (Å²) in [5.41, 5.74) is 0.596. The van der Waals surface area contributed by atoms with E-state index in [2.05, 4.69) is 0 Å². The van der Waals surface area contributed by atoms with E-state index in [0.717, 1.165) is 0 Å². The van der Waals surface area contributed by atoms with Crippen LogP contribution in [-0.4, -0.2) is 22.3 Å². The summed E-state index contributed by atoms with van der Waals surface area (Å²) in [5, 5.41) is 16.7. The van der Waals surface area contributed by atoms with Crippen LogP contribution < -0.4 is 0 Å². The van der Waals surface area contributed by atoms with Crippen molar-refractivity contribution in [3.05, 3.63) is 35.9 Å². The Hall–Kier alpha value is -1.06. The normalized spacial score (nSPS) is 14.9. The zero-order valence-electron chi connectivity index (χ0n) is 6.72. The van der Waals surface area contributed by atoms with Crippen molar-refractivity contribution in [3.8, 4) is 0 Å². The number of carbonyl (C=O) groups is 1. The van der Waals surface area contributed by atoms with E-state index in [1.54, 1.807) is 30.3 Å². The van der Waals surface area contributed by atoms with Crippen LogP contribution in [0.4, 0.5) is 0 Å². The smallest absolute Gasteiger partial charge is 0.334 e. The Morgan fingerprint density at radius 3 is 2.31 bits per heavy atom. The van der Waals surface area contributed by atoms with Gasteiger partial charge in [-0.2, -0.15) is 0 Å². The summed E-state index contributed by atoms with van der Waals surface area (Å²) in [4.78, 5) is 10.4. The molecule has 2 unspecified atom stereocenters. The predicted octanol–water partition coefficient (Wildman–Crippen LogP) is 1.41. The van der Waals surface area contributed by atoms with Gasteiger partial charge in [0.05, 0.1) is 5.38 Å². The van der Waals surface area contributed by atoms with Crippen LogP contribution in [-0.2, 0) is 4.79 Å². The topological polar surface area (TPSA) is 57.5 Å². The second-order valence-electron chi connectivity index (χ2n) is 2.60. The molecule has 1 rings (SSSR count). The highest BCUT2D eigenvalue weighted by molar-refractivity contribution is 6.22. The molecular formula is C9H9ClO3. The fourth-order valence-corrected chi connectivity index (χ4v) is 1.20. The minimum absolute atomic E-state index is 0.596. The number of aliphatic hydroxyl groups excluding tert-OH is 1. The van der Waals surface area contributed by atoms with Gasteiger partial charge in [-0.15, -0.1) is 11.6 Å². The van der Waals surface area contributed by atoms with E-state index in [0.29, 0.717) is 5.56 Å². The molecule has 0 radical (unpaired) electrons. The van der Waals surface area contributed by atoms with Gasteiger partial charge in [0, 0.05) is 0 Å². The van der Waals surface area contributed by atoms with E-state index in [-0.39, 0.29) is 0 Å². The molecule has 0 amide bonds. The third-order valence-corrected chi connectivity index (χ3v) is 2.14. The molecule has 0 heterocycles. The van der Waals surface area contributed by atoms with Crippen LogP contribution in [0.2, 0.25) is 0 Å². The van der Waals surface area contributed by atoms with Crippen LogP contribution in [0.1, 0.15) is 10.9 Å². The van der Waals surface area contributed by atoms with Crippen LogP contribution >= 0.6 is 11.6 Å². The quantitative estimate of drug-likeness (QED) is 0.726. The molecule has 0 saturated heterocycles. The Morgan fingerprint density at radius 2 is 1.85 bits per heavy atom. The highest BCUT2D eigenvalue weighted by atomic mass is 35.5. The van der Waals surface area contributed by atoms with Gasteiger partial charge in [0.15, 0.2) is 6.10 Å². The van der Waals surface area contributed by atoms with E-state index < -0.39 is 17.5 Å². The molecule has 3 nitrogen and oxygen atoms in total. The average Bonchev–Trinajstić information content (AvgIpc) is 2.17. The second kappa shape index (κ2) is 4.25. The maximum Gasteiger partial charge on any atom is 0.334 e. The molecule has 1 aromatic carbocycles. The van der Waals surface area contributed by atoms with Gasteiger partial charge in [-0.05, 0) is 5.56 Å². The summed E-state index contributed by atoms with van der Waals surface area (Å²) >= 11 is 5.72. The Balaban J connectivity index is 2.79. The predicted molar refractivity (Wildman–Crippen MR) is 48.7 cm³/mol. The number of halogens is 1. The molecule has 70 valence electrons. The van der Waals surface area contributed by atoms with Crippen molar-refractivity contribution in [1.29, 1.82) is 0 Å². The molecule has 0 spiro atoms. The van der Waals surface area contributed by atoms with Crippen molar-refractivity contribution in [1.82, 2.24) is 0 Å². The van der Waals surface area contributed by atoms with Gasteiger partial charge in [0.25, 0.3) is 0 Å². The molecule has 0 aliphatic rings. The molecule has 2 N–H and O–H groups in total. The Kier molecular flexibility index (Phi) is 3.28. The zero-order valence-corrected chi connectivity index (χ0v) is 7.48. The molecule has 0 aliphatic carbocycles. The Morgan fingerprint density at radius 1 is 1.31 bits per heavy atom. The second-order valence-corrected chi connectivity index (χ2v) is 3.07. The largest absolute Gasteiger partial charge is 0.479 e. The first-order valence-electron chi connectivity index (χ1n) is 3.73. The standard InChI is InChI=1S/C9H9ClO3/c10-7(8(11)9(12)13)6-4-2-1-3-5-6/h1-5,7-8,11H,(H,12,13). The first kappa shape index (κ1) is 10.0. The van der Waals surface area contributed by atoms with Crippen molar-refractivity contribution in [3.63, 3.8) is 0 Å². The number of benzene rings is 1. The third-order valence-electron chi connectivity index (χ3n) is 1.65. The zero-order chi connectivity index (χ0) is 9.84. The van der Waals surface area contributed by atoms with Crippen molar-refractivity contribution < 1.29 is 15.0 Å². The fraction of sp³-hybridized carbons (Fsp3) is 0.222. The molecule has 13 heavy (non-hydrogen) atoms. The summed E-state index contributed by atoms with van der Waals surface area (Å²) < 4.78 is 0. The number of alkyl halides is 1. The Labute approximate surface area is 80.6 Å². The average molecular weight is 201 g/mol. The maximum atomic E-state index is 10.4. The summed E-state index contributed by atoms with van der Waals surface area (Å²) in [6, 6.07) is 8.60. The summed E-state index contributed by atoms with van der Waals surface area (Å²) in [6.45, 7) is 0. The maximum absolute atomic E-state index is 10.4. The van der Waals surface area contributed by atoms with Gasteiger partial charge >= 0.3 is 5.97 Å². The summed E-state index contributed by atoms with van der Waals surface area (Å²) in [7, 11) is 0. The number of carboxylic acid groups (broad SMARTS) is 1. The van der Waals surface area contributed by atoms with Gasteiger partial charge in [-0.25, -0.2) is 4.79 Å². The molecule has 0 aromatic heterocycles. The molecular weight excluding hydrogens is 192 g/mol. The number of aliphatic hydroxyl groups is 1. The van der Waals surface area contributed by atoms with Crippen molar-refractivity contribution in [2.45, 2.75) is 11.5 Å². The van der Waals surface area contributed by atoms with E-state index in [9.17, 15) is 4.79 Å². The molecule has 0 aliphatic heterocycles. The lowest BCUT2D eigenvalue weighted by molar-refractivity contribution is -0.146. The highest BCUT2D eigenvalue weighted by Gasteiger charge is 2.24. The van der Waals surface area contributed by atoms with Crippen molar-refractivity contribution >= 4 is 17.6 Å². The number of hydrogen-bond donors (Lipinski definition) is 2. The monoisotopic (exact) mass is 200 g/mol. The lowest BCUT2D eigenvalue weighted by Gasteiger charge is -2.12. The SMILES string of the molecule is O=C(O)C(O)C(Cl)c1ccccc1. The van der Waals surface area contributed by atoms with E-state index >= 15 is 0 Å². The van der Waals surface area contributed by atoms with E-state index in [1.807, 2.05) is 0 Å².